The lowest BCUT2D eigenvalue weighted by atomic mass is 9.46. The van der Waals surface area contributed by atoms with Crippen LogP contribution in [0.1, 0.15) is 53.4 Å². The zero-order chi connectivity index (χ0) is 22.9. The molecule has 4 rings (SSSR count). The fraction of sp³-hybridized carbons (Fsp3) is 0.708. The molecule has 0 aromatic carbocycles. The van der Waals surface area contributed by atoms with Crippen LogP contribution in [0, 0.1) is 34.5 Å². The van der Waals surface area contributed by atoms with Gasteiger partial charge in [-0.05, 0) is 49.2 Å². The fourth-order valence-corrected chi connectivity index (χ4v) is 7.92. The second kappa shape index (κ2) is 7.06. The number of aliphatic hydroxyl groups is 1. The monoisotopic (exact) mass is 436 g/mol. The van der Waals surface area contributed by atoms with Crippen molar-refractivity contribution in [3.05, 3.63) is 23.6 Å². The van der Waals surface area contributed by atoms with Gasteiger partial charge in [0, 0.05) is 29.6 Å². The number of rotatable bonds is 3. The number of ether oxygens (including phenoxy) is 1. The molecule has 0 bridgehead atoms. The van der Waals surface area contributed by atoms with Crippen LogP contribution < -0.4 is 0 Å². The van der Waals surface area contributed by atoms with Crippen molar-refractivity contribution in [2.24, 2.45) is 34.5 Å². The summed E-state index contributed by atoms with van der Waals surface area (Å²) in [5.41, 5.74) is -2.94. The number of halogens is 2. The number of esters is 1. The van der Waals surface area contributed by atoms with Gasteiger partial charge >= 0.3 is 5.97 Å². The van der Waals surface area contributed by atoms with Gasteiger partial charge in [-0.15, -0.1) is 0 Å². The Labute approximate surface area is 180 Å². The molecule has 8 atom stereocenters. The summed E-state index contributed by atoms with van der Waals surface area (Å²) < 4.78 is 34.1. The number of carbonyl (C=O) groups is 3. The number of allylic oxidation sites excluding steroid dienone is 4. The van der Waals surface area contributed by atoms with Crippen LogP contribution in [-0.2, 0) is 19.1 Å². The number of hydrogen-bond donors (Lipinski definition) is 1. The van der Waals surface area contributed by atoms with Crippen LogP contribution in [0.2, 0.25) is 0 Å². The molecule has 0 aromatic rings. The molecule has 0 aromatic heterocycles. The van der Waals surface area contributed by atoms with E-state index in [0.717, 1.165) is 0 Å². The second-order valence-electron chi connectivity index (χ2n) is 10.3. The summed E-state index contributed by atoms with van der Waals surface area (Å²) in [6.45, 7) is 5.45. The van der Waals surface area contributed by atoms with Crippen molar-refractivity contribution in [3.8, 4) is 0 Å². The van der Waals surface area contributed by atoms with Crippen LogP contribution in [-0.4, -0.2) is 41.0 Å². The van der Waals surface area contributed by atoms with Crippen molar-refractivity contribution in [2.45, 2.75) is 65.1 Å². The van der Waals surface area contributed by atoms with Gasteiger partial charge in [0.1, 0.15) is 0 Å². The van der Waals surface area contributed by atoms with E-state index in [-0.39, 0.29) is 24.2 Å². The number of ketones is 2. The minimum absolute atomic E-state index is 0.0829. The minimum Gasteiger partial charge on any atom is -0.450 e. The van der Waals surface area contributed by atoms with Gasteiger partial charge in [0.25, 0.3) is 0 Å². The van der Waals surface area contributed by atoms with Crippen molar-refractivity contribution in [1.82, 2.24) is 0 Å². The average molecular weight is 436 g/mol. The smallest absolute Gasteiger partial charge is 0.303 e. The predicted octanol–water partition coefficient (Wildman–Crippen LogP) is 3.65. The Morgan fingerprint density at radius 1 is 1.32 bits per heavy atom. The standard InChI is InChI=1S/C24H30F2O5/c1-12-9-16-14-5-6-15-21(26)17(28)7-8-22(15,3)20(14)18(29)10-23(16,4)24(12,19(30)11-25)31-13(2)27/h7-8,12,14,16,18,20,29H,5-6,9-11H2,1-4H3/t12?,14-,16-,18?,20+,22-,23-,24-/m0/s1. The number of hydrogen-bond acceptors (Lipinski definition) is 5. The summed E-state index contributed by atoms with van der Waals surface area (Å²) in [5, 5.41) is 11.4. The van der Waals surface area contributed by atoms with Crippen molar-refractivity contribution < 1.29 is 33.0 Å². The highest BCUT2D eigenvalue weighted by Gasteiger charge is 2.72. The maximum atomic E-state index is 14.7. The Morgan fingerprint density at radius 3 is 2.61 bits per heavy atom. The normalized spacial score (nSPS) is 46.3. The number of carbonyl (C=O) groups excluding carboxylic acids is 3. The molecule has 0 radical (unpaired) electrons. The van der Waals surface area contributed by atoms with Crippen molar-refractivity contribution in [1.29, 1.82) is 0 Å². The van der Waals surface area contributed by atoms with Gasteiger partial charge in [-0.25, -0.2) is 8.78 Å². The van der Waals surface area contributed by atoms with Crippen LogP contribution in [0.4, 0.5) is 8.78 Å². The van der Waals surface area contributed by atoms with Gasteiger partial charge < -0.3 is 9.84 Å². The van der Waals surface area contributed by atoms with Crippen molar-refractivity contribution in [2.75, 3.05) is 6.67 Å². The van der Waals surface area contributed by atoms with E-state index < -0.39 is 58.5 Å². The van der Waals surface area contributed by atoms with Crippen molar-refractivity contribution in [3.63, 3.8) is 0 Å². The molecule has 0 spiro atoms. The third kappa shape index (κ3) is 2.71. The Bertz CT molecular complexity index is 910. The molecule has 0 saturated heterocycles. The van der Waals surface area contributed by atoms with Gasteiger partial charge in [-0.3, -0.25) is 14.4 Å². The van der Waals surface area contributed by atoms with Crippen LogP contribution in [0.25, 0.3) is 0 Å². The quantitative estimate of drug-likeness (QED) is 0.683. The van der Waals surface area contributed by atoms with Gasteiger partial charge in [0.05, 0.1) is 6.10 Å². The molecule has 5 nitrogen and oxygen atoms in total. The number of Topliss-reactive ketones (excluding diaryl/α,β-unsaturated/α-hetero) is 1. The number of alkyl halides is 1. The average Bonchev–Trinajstić information content (AvgIpc) is 2.91. The molecule has 2 unspecified atom stereocenters. The van der Waals surface area contributed by atoms with E-state index in [0.29, 0.717) is 24.8 Å². The first-order valence-corrected chi connectivity index (χ1v) is 11.0. The zero-order valence-electron chi connectivity index (χ0n) is 18.4. The molecule has 31 heavy (non-hydrogen) atoms. The molecular weight excluding hydrogens is 406 g/mol. The Balaban J connectivity index is 1.82. The highest BCUT2D eigenvalue weighted by Crippen LogP contribution is 2.69. The lowest BCUT2D eigenvalue weighted by Crippen LogP contribution is -2.64. The molecule has 0 aliphatic heterocycles. The summed E-state index contributed by atoms with van der Waals surface area (Å²) in [5.74, 6) is -3.73. The Kier molecular flexibility index (Phi) is 5.08. The lowest BCUT2D eigenvalue weighted by Gasteiger charge is -2.59. The third-order valence-electron chi connectivity index (χ3n) is 8.97. The van der Waals surface area contributed by atoms with E-state index in [1.54, 1.807) is 13.0 Å². The maximum absolute atomic E-state index is 14.7. The van der Waals surface area contributed by atoms with E-state index in [2.05, 4.69) is 0 Å². The molecule has 4 aliphatic rings. The summed E-state index contributed by atoms with van der Waals surface area (Å²) >= 11 is 0. The van der Waals surface area contributed by atoms with E-state index in [4.69, 9.17) is 4.74 Å². The number of fused-ring (bicyclic) bond motifs is 5. The lowest BCUT2D eigenvalue weighted by molar-refractivity contribution is -0.203. The summed E-state index contributed by atoms with van der Waals surface area (Å²) in [4.78, 5) is 36.9. The summed E-state index contributed by atoms with van der Waals surface area (Å²) in [6, 6.07) is 0. The zero-order valence-corrected chi connectivity index (χ0v) is 18.4. The highest BCUT2D eigenvalue weighted by atomic mass is 19.1. The van der Waals surface area contributed by atoms with Crippen LogP contribution >= 0.6 is 0 Å². The molecule has 0 amide bonds. The van der Waals surface area contributed by atoms with E-state index in [9.17, 15) is 28.3 Å². The highest BCUT2D eigenvalue weighted by molar-refractivity contribution is 6.04. The van der Waals surface area contributed by atoms with Crippen LogP contribution in [0.15, 0.2) is 23.6 Å². The molecule has 4 aliphatic carbocycles. The molecule has 1 N–H and O–H groups in total. The van der Waals surface area contributed by atoms with E-state index >= 15 is 0 Å². The first-order valence-electron chi connectivity index (χ1n) is 11.0. The van der Waals surface area contributed by atoms with Crippen LogP contribution in [0.5, 0.6) is 0 Å². The SMILES string of the molecule is CC(=O)O[C@]1(C(=O)CF)C(C)C[C@H]2[C@@H]3CCC4=C(F)C(=O)C=C[C@]4(C)[C@H]3C(O)C[C@@]21C. The summed E-state index contributed by atoms with van der Waals surface area (Å²) in [6.07, 6.45) is 3.64. The molecule has 3 saturated carbocycles. The Morgan fingerprint density at radius 2 is 2.00 bits per heavy atom. The molecule has 0 heterocycles. The third-order valence-corrected chi connectivity index (χ3v) is 8.97. The van der Waals surface area contributed by atoms with Gasteiger partial charge in [0.2, 0.25) is 11.6 Å². The minimum atomic E-state index is -1.63. The second-order valence-corrected chi connectivity index (χ2v) is 10.3. The Hall–Kier alpha value is -1.89. The predicted molar refractivity (Wildman–Crippen MR) is 108 cm³/mol. The number of aliphatic hydroxyl groups excluding tert-OH is 1. The van der Waals surface area contributed by atoms with E-state index in [1.807, 2.05) is 13.8 Å². The maximum Gasteiger partial charge on any atom is 0.303 e. The topological polar surface area (TPSA) is 80.7 Å². The van der Waals surface area contributed by atoms with Crippen molar-refractivity contribution >= 4 is 17.5 Å². The van der Waals surface area contributed by atoms with Gasteiger partial charge in [-0.1, -0.05) is 26.8 Å². The molecular formula is C24H30F2O5. The molecule has 170 valence electrons. The largest absolute Gasteiger partial charge is 0.450 e. The fourth-order valence-electron chi connectivity index (χ4n) is 7.92. The first-order chi connectivity index (χ1) is 14.4. The van der Waals surface area contributed by atoms with Crippen LogP contribution in [0.3, 0.4) is 0 Å². The summed E-state index contributed by atoms with van der Waals surface area (Å²) in [7, 11) is 0. The van der Waals surface area contributed by atoms with Gasteiger partial charge in [0.15, 0.2) is 18.1 Å². The first kappa shape index (κ1) is 22.3. The van der Waals surface area contributed by atoms with E-state index in [1.165, 1.54) is 13.0 Å². The van der Waals surface area contributed by atoms with Gasteiger partial charge in [-0.2, -0.15) is 0 Å². The molecule has 7 heteroatoms. The molecule has 3 fully saturated rings.